The van der Waals surface area contributed by atoms with Gasteiger partial charge in [-0.25, -0.2) is 21.6 Å². The van der Waals surface area contributed by atoms with E-state index in [4.69, 9.17) is 4.74 Å². The van der Waals surface area contributed by atoms with Crippen molar-refractivity contribution in [2.75, 3.05) is 13.4 Å². The van der Waals surface area contributed by atoms with Crippen LogP contribution in [0.5, 0.6) is 5.75 Å². The fourth-order valence-corrected chi connectivity index (χ4v) is 4.80. The van der Waals surface area contributed by atoms with Crippen LogP contribution in [0.25, 0.3) is 0 Å². The van der Waals surface area contributed by atoms with E-state index in [2.05, 4.69) is 20.7 Å². The second kappa shape index (κ2) is 7.45. The van der Waals surface area contributed by atoms with Gasteiger partial charge in [0.05, 0.1) is 12.0 Å². The van der Waals surface area contributed by atoms with Crippen molar-refractivity contribution in [1.29, 1.82) is 0 Å². The van der Waals surface area contributed by atoms with Crippen LogP contribution in [-0.2, 0) is 19.9 Å². The molecule has 2 aromatic rings. The van der Waals surface area contributed by atoms with Crippen molar-refractivity contribution in [3.05, 3.63) is 52.5 Å². The van der Waals surface area contributed by atoms with Gasteiger partial charge in [0, 0.05) is 16.8 Å². The summed E-state index contributed by atoms with van der Waals surface area (Å²) >= 11 is 3.25. The molecule has 0 radical (unpaired) electrons. The highest BCUT2D eigenvalue weighted by molar-refractivity contribution is 9.10. The Labute approximate surface area is 156 Å². The minimum atomic E-state index is -3.83. The maximum absolute atomic E-state index is 12.7. The maximum Gasteiger partial charge on any atom is 0.244 e. The molecule has 0 heterocycles. The van der Waals surface area contributed by atoms with Gasteiger partial charge in [0.1, 0.15) is 10.6 Å². The molecule has 25 heavy (non-hydrogen) atoms. The Morgan fingerprint density at radius 2 is 1.64 bits per heavy atom. The molecular formula is C16H18BrNO5S2. The molecule has 0 aliphatic rings. The first-order valence-electron chi connectivity index (χ1n) is 7.20. The van der Waals surface area contributed by atoms with Gasteiger partial charge in [-0.2, -0.15) is 0 Å². The second-order valence-electron chi connectivity index (χ2n) is 5.48. The lowest BCUT2D eigenvalue weighted by molar-refractivity contribution is 0.402. The molecule has 1 N–H and O–H groups in total. The van der Waals surface area contributed by atoms with Crippen LogP contribution in [0, 0.1) is 0 Å². The number of ether oxygens (including phenoxy) is 1. The van der Waals surface area contributed by atoms with Crippen LogP contribution >= 0.6 is 15.9 Å². The zero-order valence-corrected chi connectivity index (χ0v) is 17.1. The quantitative estimate of drug-likeness (QED) is 0.734. The van der Waals surface area contributed by atoms with Gasteiger partial charge >= 0.3 is 0 Å². The second-order valence-corrected chi connectivity index (χ2v) is 10.1. The molecule has 0 bridgehead atoms. The molecule has 0 saturated heterocycles. The molecule has 0 unspecified atom stereocenters. The third-order valence-electron chi connectivity index (χ3n) is 3.56. The monoisotopic (exact) mass is 447 g/mol. The number of hydrogen-bond acceptors (Lipinski definition) is 5. The van der Waals surface area contributed by atoms with E-state index in [1.54, 1.807) is 31.2 Å². The van der Waals surface area contributed by atoms with Gasteiger partial charge < -0.3 is 4.74 Å². The molecule has 9 heteroatoms. The Kier molecular flexibility index (Phi) is 5.93. The molecular weight excluding hydrogens is 430 g/mol. The number of sulfonamides is 1. The van der Waals surface area contributed by atoms with Gasteiger partial charge in [-0.1, -0.05) is 28.1 Å². The summed E-state index contributed by atoms with van der Waals surface area (Å²) in [5.41, 5.74) is 0.643. The summed E-state index contributed by atoms with van der Waals surface area (Å²) in [4.78, 5) is 0.198. The molecule has 6 nitrogen and oxygen atoms in total. The Morgan fingerprint density at radius 3 is 2.16 bits per heavy atom. The molecule has 0 saturated carbocycles. The first-order valence-corrected chi connectivity index (χ1v) is 11.4. The van der Waals surface area contributed by atoms with Crippen molar-refractivity contribution >= 4 is 35.8 Å². The van der Waals surface area contributed by atoms with Crippen LogP contribution in [0.2, 0.25) is 0 Å². The predicted molar refractivity (Wildman–Crippen MR) is 99.0 cm³/mol. The van der Waals surface area contributed by atoms with Crippen molar-refractivity contribution in [3.63, 3.8) is 0 Å². The summed E-state index contributed by atoms with van der Waals surface area (Å²) in [7, 11) is -5.73. The summed E-state index contributed by atoms with van der Waals surface area (Å²) < 4.78 is 56.6. The minimum absolute atomic E-state index is 0.0176. The highest BCUT2D eigenvalue weighted by atomic mass is 79.9. The minimum Gasteiger partial charge on any atom is -0.495 e. The molecule has 2 rings (SSSR count). The highest BCUT2D eigenvalue weighted by Gasteiger charge is 2.23. The topological polar surface area (TPSA) is 89.5 Å². The fourth-order valence-electron chi connectivity index (χ4n) is 2.23. The molecule has 2 aromatic carbocycles. The lowest BCUT2D eigenvalue weighted by atomic mass is 10.1. The lowest BCUT2D eigenvalue weighted by Gasteiger charge is -2.17. The van der Waals surface area contributed by atoms with Crippen LogP contribution in [0.1, 0.15) is 18.5 Å². The van der Waals surface area contributed by atoms with Crippen molar-refractivity contribution < 1.29 is 21.6 Å². The summed E-state index contributed by atoms with van der Waals surface area (Å²) in [5.74, 6) is 0.232. The number of benzene rings is 2. The summed E-state index contributed by atoms with van der Waals surface area (Å²) in [6.45, 7) is 1.68. The third kappa shape index (κ3) is 4.81. The average Bonchev–Trinajstić information content (AvgIpc) is 2.53. The van der Waals surface area contributed by atoms with Gasteiger partial charge in [-0.05, 0) is 42.8 Å². The maximum atomic E-state index is 12.7. The van der Waals surface area contributed by atoms with Gasteiger partial charge in [0.25, 0.3) is 0 Å². The SMILES string of the molecule is COc1ccc(Br)cc1S(=O)(=O)N[C@H](C)c1ccc(S(C)(=O)=O)cc1. The summed E-state index contributed by atoms with van der Waals surface area (Å²) in [6.07, 6.45) is 1.12. The first-order chi connectivity index (χ1) is 11.5. The standard InChI is InChI=1S/C16H18BrNO5S2/c1-11(12-4-7-14(8-5-12)24(3,19)20)18-25(21,22)16-10-13(17)6-9-15(16)23-2/h4-11,18H,1-3H3/t11-/m1/s1. The van der Waals surface area contributed by atoms with Gasteiger partial charge in [-0.3, -0.25) is 0 Å². The molecule has 0 fully saturated rings. The van der Waals surface area contributed by atoms with Crippen molar-refractivity contribution in [3.8, 4) is 5.75 Å². The van der Waals surface area contributed by atoms with Crippen molar-refractivity contribution in [2.45, 2.75) is 22.8 Å². The molecule has 0 spiro atoms. The number of halogens is 1. The van der Waals surface area contributed by atoms with Crippen LogP contribution < -0.4 is 9.46 Å². The Balaban J connectivity index is 2.30. The molecule has 0 aromatic heterocycles. The number of rotatable bonds is 6. The normalized spacial score (nSPS) is 13.4. The number of methoxy groups -OCH3 is 1. The van der Waals surface area contributed by atoms with E-state index in [1.165, 1.54) is 25.3 Å². The fraction of sp³-hybridized carbons (Fsp3) is 0.250. The van der Waals surface area contributed by atoms with Crippen molar-refractivity contribution in [1.82, 2.24) is 4.72 Å². The molecule has 136 valence electrons. The lowest BCUT2D eigenvalue weighted by Crippen LogP contribution is -2.27. The predicted octanol–water partition coefficient (Wildman–Crippen LogP) is 2.90. The molecule has 0 amide bonds. The largest absolute Gasteiger partial charge is 0.495 e. The first kappa shape index (κ1) is 19.9. The zero-order valence-electron chi connectivity index (χ0n) is 13.9. The van der Waals surface area contributed by atoms with Gasteiger partial charge in [0.2, 0.25) is 10.0 Å². The number of hydrogen-bond donors (Lipinski definition) is 1. The van der Waals surface area contributed by atoms with E-state index in [-0.39, 0.29) is 15.5 Å². The van der Waals surface area contributed by atoms with Crippen LogP contribution in [0.4, 0.5) is 0 Å². The molecule has 0 aliphatic carbocycles. The highest BCUT2D eigenvalue weighted by Crippen LogP contribution is 2.28. The molecule has 0 aliphatic heterocycles. The third-order valence-corrected chi connectivity index (χ3v) is 6.74. The van der Waals surface area contributed by atoms with Crippen LogP contribution in [0.3, 0.4) is 0 Å². The molecule has 1 atom stereocenters. The van der Waals surface area contributed by atoms with E-state index in [1.807, 2.05) is 0 Å². The van der Waals surface area contributed by atoms with Gasteiger partial charge in [0.15, 0.2) is 9.84 Å². The zero-order chi connectivity index (χ0) is 18.8. The summed E-state index contributed by atoms with van der Waals surface area (Å²) in [5, 5.41) is 0. The Bertz CT molecular complexity index is 970. The van der Waals surface area contributed by atoms with Gasteiger partial charge in [-0.15, -0.1) is 0 Å². The number of sulfone groups is 1. The average molecular weight is 448 g/mol. The van der Waals surface area contributed by atoms with E-state index >= 15 is 0 Å². The van der Waals surface area contributed by atoms with Crippen LogP contribution in [0.15, 0.2) is 56.7 Å². The van der Waals surface area contributed by atoms with Crippen LogP contribution in [-0.4, -0.2) is 30.2 Å². The van der Waals surface area contributed by atoms with E-state index < -0.39 is 25.9 Å². The van der Waals surface area contributed by atoms with E-state index in [9.17, 15) is 16.8 Å². The van der Waals surface area contributed by atoms with Crippen molar-refractivity contribution in [2.24, 2.45) is 0 Å². The Morgan fingerprint density at radius 1 is 1.04 bits per heavy atom. The smallest absolute Gasteiger partial charge is 0.244 e. The summed E-state index contributed by atoms with van der Waals surface area (Å²) in [6, 6.07) is 10.2. The van der Waals surface area contributed by atoms with E-state index in [0.29, 0.717) is 10.0 Å². The van der Waals surface area contributed by atoms with E-state index in [0.717, 1.165) is 6.26 Å². The number of nitrogens with one attached hydrogen (secondary N) is 1. The Hall–Kier alpha value is -1.42.